The normalized spacial score (nSPS) is 18.5. The van der Waals surface area contributed by atoms with Gasteiger partial charge in [-0.2, -0.15) is 0 Å². The van der Waals surface area contributed by atoms with Gasteiger partial charge in [-0.05, 0) is 12.5 Å². The number of aliphatic imine (C=N–C) groups is 1. The van der Waals surface area contributed by atoms with Gasteiger partial charge in [-0.25, -0.2) is 18.7 Å². The van der Waals surface area contributed by atoms with Crippen LogP contribution in [0.4, 0.5) is 14.5 Å². The number of amides is 1. The number of aromatic nitrogens is 2. The van der Waals surface area contributed by atoms with Crippen LogP contribution in [0.1, 0.15) is 35.4 Å². The molecule has 0 aliphatic carbocycles. The molecule has 1 amide bonds. The summed E-state index contributed by atoms with van der Waals surface area (Å²) in [5, 5.41) is 2.90. The molecule has 0 spiro atoms. The largest absolute Gasteiger partial charge is 0.463 e. The maximum atomic E-state index is 14.4. The molecule has 2 atom stereocenters. The molecule has 2 heterocycles. The second-order valence-corrected chi connectivity index (χ2v) is 7.65. The van der Waals surface area contributed by atoms with Crippen LogP contribution in [0.5, 0.6) is 5.88 Å². The maximum absolute atomic E-state index is 14.4. The minimum absolute atomic E-state index is 0.0170. The van der Waals surface area contributed by atoms with Gasteiger partial charge in [0.25, 0.3) is 5.91 Å². The molecule has 150 valence electrons. The highest BCUT2D eigenvalue weighted by molar-refractivity contribution is 8.14. The summed E-state index contributed by atoms with van der Waals surface area (Å²) in [7, 11) is 0. The Hall–Kier alpha value is -3.19. The summed E-state index contributed by atoms with van der Waals surface area (Å²) in [6.45, 7) is 1.94. The summed E-state index contributed by atoms with van der Waals surface area (Å²) >= 11 is 1.37. The lowest BCUT2D eigenvalue weighted by Crippen LogP contribution is -2.22. The first-order valence-electron chi connectivity index (χ1n) is 8.56. The lowest BCUT2D eigenvalue weighted by atomic mass is 10.0. The standard InChI is InChI=1S/C19H17F2N5O2S/c1-3-4-28-16-9-23-15(8-24-16)18(27)25-11-6-12(17(21)13(20)7-11)14-5-10(2)29-19(22)26-14/h1,6-10,14H,4-5H2,2H3,(H2,22,26)(H,25,27). The van der Waals surface area contributed by atoms with Crippen molar-refractivity contribution >= 4 is 28.5 Å². The molecule has 1 aliphatic rings. The number of terminal acetylenes is 1. The van der Waals surface area contributed by atoms with Crippen LogP contribution in [0.25, 0.3) is 0 Å². The van der Waals surface area contributed by atoms with Gasteiger partial charge >= 0.3 is 0 Å². The Morgan fingerprint density at radius 3 is 2.86 bits per heavy atom. The third-order valence-electron chi connectivity index (χ3n) is 4.00. The van der Waals surface area contributed by atoms with Crippen LogP contribution in [0.3, 0.4) is 0 Å². The Kier molecular flexibility index (Phi) is 6.29. The van der Waals surface area contributed by atoms with Crippen molar-refractivity contribution in [2.24, 2.45) is 10.7 Å². The van der Waals surface area contributed by atoms with E-state index >= 15 is 0 Å². The minimum atomic E-state index is -1.10. The Labute approximate surface area is 170 Å². The minimum Gasteiger partial charge on any atom is -0.463 e. The fraction of sp³-hybridized carbons (Fsp3) is 0.263. The molecule has 3 N–H and O–H groups in total. The number of carbonyl (C=O) groups is 1. The first kappa shape index (κ1) is 20.5. The number of halogens is 2. The predicted octanol–water partition coefficient (Wildman–Crippen LogP) is 2.90. The number of nitrogens with two attached hydrogens (primary N) is 1. The van der Waals surface area contributed by atoms with Gasteiger partial charge in [-0.3, -0.25) is 9.79 Å². The molecule has 2 unspecified atom stereocenters. The molecule has 1 aliphatic heterocycles. The van der Waals surface area contributed by atoms with Crippen molar-refractivity contribution in [1.29, 1.82) is 0 Å². The van der Waals surface area contributed by atoms with E-state index in [1.165, 1.54) is 30.2 Å². The van der Waals surface area contributed by atoms with E-state index in [0.29, 0.717) is 11.6 Å². The molecular weight excluding hydrogens is 400 g/mol. The lowest BCUT2D eigenvalue weighted by molar-refractivity contribution is 0.102. The molecule has 0 saturated carbocycles. The molecular formula is C19H17F2N5O2S. The molecule has 10 heteroatoms. The zero-order chi connectivity index (χ0) is 21.0. The summed E-state index contributed by atoms with van der Waals surface area (Å²) < 4.78 is 33.6. The predicted molar refractivity (Wildman–Crippen MR) is 107 cm³/mol. The molecule has 0 bridgehead atoms. The molecule has 7 nitrogen and oxygen atoms in total. The molecule has 0 fully saturated rings. The molecule has 1 aromatic carbocycles. The lowest BCUT2D eigenvalue weighted by Gasteiger charge is -2.24. The maximum Gasteiger partial charge on any atom is 0.275 e. The van der Waals surface area contributed by atoms with E-state index in [9.17, 15) is 13.6 Å². The number of rotatable bonds is 5. The van der Waals surface area contributed by atoms with Crippen molar-refractivity contribution in [3.8, 4) is 18.2 Å². The van der Waals surface area contributed by atoms with Gasteiger partial charge in [0.05, 0.1) is 18.4 Å². The van der Waals surface area contributed by atoms with Crippen molar-refractivity contribution in [3.63, 3.8) is 0 Å². The van der Waals surface area contributed by atoms with Crippen LogP contribution in [-0.2, 0) is 0 Å². The van der Waals surface area contributed by atoms with E-state index in [4.69, 9.17) is 16.9 Å². The number of nitrogens with zero attached hydrogens (tertiary/aromatic N) is 3. The van der Waals surface area contributed by atoms with Crippen LogP contribution >= 0.6 is 11.8 Å². The van der Waals surface area contributed by atoms with Gasteiger partial charge in [0.2, 0.25) is 5.88 Å². The number of nitrogens with one attached hydrogen (secondary N) is 1. The number of ether oxygens (including phenoxy) is 1. The van der Waals surface area contributed by atoms with Gasteiger partial charge in [-0.15, -0.1) is 6.42 Å². The van der Waals surface area contributed by atoms with Crippen LogP contribution in [0, 0.1) is 24.0 Å². The summed E-state index contributed by atoms with van der Waals surface area (Å²) in [5.74, 6) is -0.315. The van der Waals surface area contributed by atoms with Gasteiger partial charge in [0.15, 0.2) is 23.4 Å². The summed E-state index contributed by atoms with van der Waals surface area (Å²) in [6.07, 6.45) is 8.00. The van der Waals surface area contributed by atoms with Crippen LogP contribution < -0.4 is 15.8 Å². The SMILES string of the molecule is C#CCOc1cnc(C(=O)Nc2cc(F)c(F)c(C3CC(C)SC(N)=N3)c2)cn1. The highest BCUT2D eigenvalue weighted by atomic mass is 32.2. The first-order chi connectivity index (χ1) is 13.9. The van der Waals surface area contributed by atoms with Crippen LogP contribution in [0.15, 0.2) is 29.5 Å². The molecule has 2 aromatic rings. The summed E-state index contributed by atoms with van der Waals surface area (Å²) in [5.41, 5.74) is 5.83. The zero-order valence-corrected chi connectivity index (χ0v) is 16.2. The number of benzene rings is 1. The van der Waals surface area contributed by atoms with Crippen molar-refractivity contribution in [2.75, 3.05) is 11.9 Å². The van der Waals surface area contributed by atoms with E-state index in [-0.39, 0.29) is 34.7 Å². The number of amidine groups is 1. The first-order valence-corrected chi connectivity index (χ1v) is 9.44. The van der Waals surface area contributed by atoms with Crippen molar-refractivity contribution in [1.82, 2.24) is 9.97 Å². The van der Waals surface area contributed by atoms with Crippen LogP contribution in [-0.4, -0.2) is 32.9 Å². The van der Waals surface area contributed by atoms with E-state index < -0.39 is 23.6 Å². The van der Waals surface area contributed by atoms with Gasteiger partial charge in [-0.1, -0.05) is 24.6 Å². The monoisotopic (exact) mass is 417 g/mol. The van der Waals surface area contributed by atoms with Crippen molar-refractivity contribution in [3.05, 3.63) is 47.4 Å². The zero-order valence-electron chi connectivity index (χ0n) is 15.4. The second kappa shape index (κ2) is 8.87. The fourth-order valence-corrected chi connectivity index (χ4v) is 3.62. The molecule has 0 radical (unpaired) electrons. The Balaban J connectivity index is 1.81. The van der Waals surface area contributed by atoms with Gasteiger partial charge in [0, 0.05) is 22.6 Å². The average molecular weight is 417 g/mol. The van der Waals surface area contributed by atoms with E-state index in [2.05, 4.69) is 26.2 Å². The topological polar surface area (TPSA) is 102 Å². The van der Waals surface area contributed by atoms with E-state index in [1.54, 1.807) is 0 Å². The van der Waals surface area contributed by atoms with Crippen molar-refractivity contribution in [2.45, 2.75) is 24.6 Å². The number of hydrogen-bond acceptors (Lipinski definition) is 7. The van der Waals surface area contributed by atoms with Crippen LogP contribution in [0.2, 0.25) is 0 Å². The smallest absolute Gasteiger partial charge is 0.275 e. The summed E-state index contributed by atoms with van der Waals surface area (Å²) in [6, 6.07) is 1.60. The average Bonchev–Trinajstić information content (AvgIpc) is 2.68. The van der Waals surface area contributed by atoms with E-state index in [1.807, 2.05) is 6.92 Å². The summed E-state index contributed by atoms with van der Waals surface area (Å²) in [4.78, 5) is 24.4. The fourth-order valence-electron chi connectivity index (χ4n) is 2.75. The Bertz CT molecular complexity index is 991. The molecule has 29 heavy (non-hydrogen) atoms. The van der Waals surface area contributed by atoms with E-state index in [0.717, 1.165) is 6.07 Å². The van der Waals surface area contributed by atoms with Gasteiger partial charge < -0.3 is 15.8 Å². The number of hydrogen-bond donors (Lipinski definition) is 2. The Morgan fingerprint density at radius 2 is 2.21 bits per heavy atom. The highest BCUT2D eigenvalue weighted by Crippen LogP contribution is 2.36. The number of carbonyl (C=O) groups excluding carboxylic acids is 1. The molecule has 1 aromatic heterocycles. The molecule has 3 rings (SSSR count). The van der Waals surface area contributed by atoms with Crippen molar-refractivity contribution < 1.29 is 18.3 Å². The third-order valence-corrected chi connectivity index (χ3v) is 4.94. The van der Waals surface area contributed by atoms with Gasteiger partial charge in [0.1, 0.15) is 5.69 Å². The molecule has 0 saturated heterocycles. The Morgan fingerprint density at radius 1 is 1.41 bits per heavy atom. The highest BCUT2D eigenvalue weighted by Gasteiger charge is 2.26. The third kappa shape index (κ3) is 5.00. The number of thioether (sulfide) groups is 1. The second-order valence-electron chi connectivity index (χ2n) is 6.20. The number of anilines is 1. The quantitative estimate of drug-likeness (QED) is 0.726.